The quantitative estimate of drug-likeness (QED) is 0.939. The molecule has 1 aliphatic heterocycles. The van der Waals surface area contributed by atoms with Crippen LogP contribution in [-0.2, 0) is 13.0 Å². The molecule has 0 bridgehead atoms. The van der Waals surface area contributed by atoms with Crippen LogP contribution in [0, 0.1) is 5.92 Å². The van der Waals surface area contributed by atoms with Crippen molar-refractivity contribution < 1.29 is 0 Å². The van der Waals surface area contributed by atoms with Crippen molar-refractivity contribution in [3.05, 3.63) is 41.2 Å². The SMILES string of the molecule is Nc1ncc(CN2CCC(Cc3cccnc3)CC2)s1. The van der Waals surface area contributed by atoms with Gasteiger partial charge in [0.15, 0.2) is 5.13 Å². The molecule has 106 valence electrons. The Labute approximate surface area is 123 Å². The van der Waals surface area contributed by atoms with Gasteiger partial charge in [-0.3, -0.25) is 9.88 Å². The summed E-state index contributed by atoms with van der Waals surface area (Å²) in [5, 5.41) is 0.673. The number of nitrogen functional groups attached to an aromatic ring is 1. The molecule has 3 heterocycles. The van der Waals surface area contributed by atoms with Gasteiger partial charge in [0.05, 0.1) is 0 Å². The Bertz CT molecular complexity index is 532. The summed E-state index contributed by atoms with van der Waals surface area (Å²) >= 11 is 1.60. The zero-order chi connectivity index (χ0) is 13.8. The number of rotatable bonds is 4. The van der Waals surface area contributed by atoms with Crippen LogP contribution < -0.4 is 5.73 Å². The van der Waals surface area contributed by atoms with E-state index in [4.69, 9.17) is 5.73 Å². The van der Waals surface area contributed by atoms with Crippen LogP contribution in [0.4, 0.5) is 5.13 Å². The summed E-state index contributed by atoms with van der Waals surface area (Å²) in [6.45, 7) is 3.33. The van der Waals surface area contributed by atoms with E-state index in [0.717, 1.165) is 18.9 Å². The molecule has 0 aromatic carbocycles. The van der Waals surface area contributed by atoms with Gasteiger partial charge in [-0.25, -0.2) is 4.98 Å². The van der Waals surface area contributed by atoms with E-state index in [1.54, 1.807) is 11.3 Å². The number of nitrogens with zero attached hydrogens (tertiary/aromatic N) is 3. The van der Waals surface area contributed by atoms with Gasteiger partial charge < -0.3 is 5.73 Å². The first-order chi connectivity index (χ1) is 9.79. The van der Waals surface area contributed by atoms with Gasteiger partial charge >= 0.3 is 0 Å². The molecule has 0 spiro atoms. The molecule has 1 fully saturated rings. The zero-order valence-corrected chi connectivity index (χ0v) is 12.4. The maximum Gasteiger partial charge on any atom is 0.180 e. The van der Waals surface area contributed by atoms with Gasteiger partial charge in [0, 0.05) is 30.0 Å². The van der Waals surface area contributed by atoms with Crippen molar-refractivity contribution >= 4 is 16.5 Å². The van der Waals surface area contributed by atoms with Crippen LogP contribution in [0.2, 0.25) is 0 Å². The van der Waals surface area contributed by atoms with Gasteiger partial charge in [0.2, 0.25) is 0 Å². The molecular formula is C15H20N4S. The largest absolute Gasteiger partial charge is 0.375 e. The fourth-order valence-corrected chi connectivity index (χ4v) is 3.54. The lowest BCUT2D eigenvalue weighted by Crippen LogP contribution is -2.33. The van der Waals surface area contributed by atoms with Gasteiger partial charge in [-0.05, 0) is 49.9 Å². The Morgan fingerprint density at radius 1 is 1.30 bits per heavy atom. The maximum absolute atomic E-state index is 5.67. The molecule has 0 unspecified atom stereocenters. The Hall–Kier alpha value is -1.46. The van der Waals surface area contributed by atoms with Gasteiger partial charge in [-0.2, -0.15) is 0 Å². The number of hydrogen-bond donors (Lipinski definition) is 1. The van der Waals surface area contributed by atoms with Crippen molar-refractivity contribution in [1.82, 2.24) is 14.9 Å². The van der Waals surface area contributed by atoms with Crippen molar-refractivity contribution in [2.45, 2.75) is 25.8 Å². The highest BCUT2D eigenvalue weighted by Gasteiger charge is 2.20. The number of likely N-dealkylation sites (tertiary alicyclic amines) is 1. The molecule has 3 rings (SSSR count). The van der Waals surface area contributed by atoms with E-state index in [1.165, 1.54) is 36.4 Å². The summed E-state index contributed by atoms with van der Waals surface area (Å²) in [6, 6.07) is 4.21. The maximum atomic E-state index is 5.67. The molecule has 0 aliphatic carbocycles. The minimum absolute atomic E-state index is 0.673. The van der Waals surface area contributed by atoms with E-state index in [0.29, 0.717) is 5.13 Å². The summed E-state index contributed by atoms with van der Waals surface area (Å²) in [5.74, 6) is 0.794. The number of nitrogens with two attached hydrogens (primary N) is 1. The third-order valence-corrected chi connectivity index (χ3v) is 4.72. The first-order valence-corrected chi connectivity index (χ1v) is 7.92. The molecule has 20 heavy (non-hydrogen) atoms. The van der Waals surface area contributed by atoms with Crippen LogP contribution in [0.3, 0.4) is 0 Å². The highest BCUT2D eigenvalue weighted by molar-refractivity contribution is 7.15. The van der Waals surface area contributed by atoms with Crippen LogP contribution in [0.25, 0.3) is 0 Å². The second-order valence-corrected chi connectivity index (χ2v) is 6.60. The van der Waals surface area contributed by atoms with E-state index in [2.05, 4.69) is 20.9 Å². The van der Waals surface area contributed by atoms with Crippen molar-refractivity contribution in [2.24, 2.45) is 5.92 Å². The number of piperidine rings is 1. The van der Waals surface area contributed by atoms with Crippen molar-refractivity contribution in [3.8, 4) is 0 Å². The third kappa shape index (κ3) is 3.55. The highest BCUT2D eigenvalue weighted by Crippen LogP contribution is 2.24. The van der Waals surface area contributed by atoms with E-state index >= 15 is 0 Å². The van der Waals surface area contributed by atoms with Gasteiger partial charge in [0.25, 0.3) is 0 Å². The number of aromatic nitrogens is 2. The summed E-state index contributed by atoms with van der Waals surface area (Å²) < 4.78 is 0. The molecule has 0 atom stereocenters. The van der Waals surface area contributed by atoms with E-state index in [1.807, 2.05) is 24.7 Å². The number of thiazole rings is 1. The molecule has 0 saturated carbocycles. The Morgan fingerprint density at radius 2 is 2.15 bits per heavy atom. The predicted molar refractivity (Wildman–Crippen MR) is 82.5 cm³/mol. The van der Waals surface area contributed by atoms with Crippen molar-refractivity contribution in [1.29, 1.82) is 0 Å². The molecule has 2 aromatic rings. The van der Waals surface area contributed by atoms with E-state index in [-0.39, 0.29) is 0 Å². The topological polar surface area (TPSA) is 55.0 Å². The standard InChI is InChI=1S/C15H20N4S/c16-15-18-10-14(20-15)11-19-6-3-12(4-7-19)8-13-2-1-5-17-9-13/h1-2,5,9-10,12H,3-4,6-8,11H2,(H2,16,18). The second-order valence-electron chi connectivity index (χ2n) is 5.45. The zero-order valence-electron chi connectivity index (χ0n) is 11.5. The number of hydrogen-bond acceptors (Lipinski definition) is 5. The second kappa shape index (κ2) is 6.33. The summed E-state index contributed by atoms with van der Waals surface area (Å²) in [7, 11) is 0. The third-order valence-electron chi connectivity index (χ3n) is 3.91. The number of pyridine rings is 1. The fraction of sp³-hybridized carbons (Fsp3) is 0.467. The molecular weight excluding hydrogens is 268 g/mol. The van der Waals surface area contributed by atoms with Gasteiger partial charge in [0.1, 0.15) is 0 Å². The lowest BCUT2D eigenvalue weighted by molar-refractivity contribution is 0.178. The van der Waals surface area contributed by atoms with Crippen LogP contribution in [0.1, 0.15) is 23.3 Å². The molecule has 2 N–H and O–H groups in total. The molecule has 4 nitrogen and oxygen atoms in total. The van der Waals surface area contributed by atoms with Gasteiger partial charge in [-0.15, -0.1) is 11.3 Å². The molecule has 0 amide bonds. The average molecular weight is 288 g/mol. The minimum atomic E-state index is 0.673. The summed E-state index contributed by atoms with van der Waals surface area (Å²) in [6.07, 6.45) is 9.43. The normalized spacial score (nSPS) is 17.4. The highest BCUT2D eigenvalue weighted by atomic mass is 32.1. The lowest BCUT2D eigenvalue weighted by Gasteiger charge is -2.31. The minimum Gasteiger partial charge on any atom is -0.375 e. The van der Waals surface area contributed by atoms with Crippen molar-refractivity contribution in [3.63, 3.8) is 0 Å². The van der Waals surface area contributed by atoms with E-state index < -0.39 is 0 Å². The smallest absolute Gasteiger partial charge is 0.180 e. The molecule has 5 heteroatoms. The van der Waals surface area contributed by atoms with Crippen LogP contribution in [-0.4, -0.2) is 28.0 Å². The molecule has 2 aromatic heterocycles. The first-order valence-electron chi connectivity index (χ1n) is 7.11. The first kappa shape index (κ1) is 13.5. The van der Waals surface area contributed by atoms with Crippen LogP contribution in [0.15, 0.2) is 30.7 Å². The monoisotopic (exact) mass is 288 g/mol. The van der Waals surface area contributed by atoms with Gasteiger partial charge in [-0.1, -0.05) is 6.07 Å². The lowest BCUT2D eigenvalue weighted by atomic mass is 9.91. The summed E-state index contributed by atoms with van der Waals surface area (Å²) in [4.78, 5) is 12.1. The predicted octanol–water partition coefficient (Wildman–Crippen LogP) is 2.58. The average Bonchev–Trinajstić information content (AvgIpc) is 2.88. The molecule has 0 radical (unpaired) electrons. The Kier molecular flexibility index (Phi) is 4.28. The number of anilines is 1. The Balaban J connectivity index is 1.47. The van der Waals surface area contributed by atoms with Crippen LogP contribution >= 0.6 is 11.3 Å². The molecule has 1 saturated heterocycles. The fourth-order valence-electron chi connectivity index (χ4n) is 2.82. The van der Waals surface area contributed by atoms with E-state index in [9.17, 15) is 0 Å². The van der Waals surface area contributed by atoms with Crippen molar-refractivity contribution in [2.75, 3.05) is 18.8 Å². The van der Waals surface area contributed by atoms with Crippen LogP contribution in [0.5, 0.6) is 0 Å². The summed E-state index contributed by atoms with van der Waals surface area (Å²) in [5.41, 5.74) is 7.04. The molecule has 1 aliphatic rings. The Morgan fingerprint density at radius 3 is 2.80 bits per heavy atom.